The van der Waals surface area contributed by atoms with Crippen LogP contribution in [0.1, 0.15) is 11.1 Å². The van der Waals surface area contributed by atoms with Gasteiger partial charge in [-0.15, -0.1) is 0 Å². The number of hydrogen-bond acceptors (Lipinski definition) is 2. The number of halogens is 5. The molecule has 4 nitrogen and oxygen atoms in total. The topological polar surface area (TPSA) is 51.1 Å². The average molecular weight is 424 g/mol. The zero-order valence-corrected chi connectivity index (χ0v) is 14.6. The molecule has 0 aliphatic rings. The number of benzene rings is 1. The fourth-order valence-electron chi connectivity index (χ4n) is 1.94. The van der Waals surface area contributed by atoms with E-state index in [1.807, 2.05) is 6.92 Å². The van der Waals surface area contributed by atoms with Gasteiger partial charge in [0.1, 0.15) is 11.6 Å². The Morgan fingerprint density at radius 3 is 2.58 bits per heavy atom. The fourth-order valence-corrected chi connectivity index (χ4v) is 2.76. The Kier molecular flexibility index (Phi) is 5.39. The zero-order chi connectivity index (χ0) is 18.1. The number of aryl methyl sites for hydroxylation is 1. The van der Waals surface area contributed by atoms with E-state index in [1.54, 1.807) is 18.2 Å². The Balaban J connectivity index is 2.25. The molecule has 128 valence electrons. The molecule has 0 saturated carbocycles. The summed E-state index contributed by atoms with van der Waals surface area (Å²) in [7, 11) is 0. The van der Waals surface area contributed by atoms with Gasteiger partial charge in [-0.3, -0.25) is 9.59 Å². The number of aromatic nitrogens is 1. The lowest BCUT2D eigenvalue weighted by molar-refractivity contribution is -0.138. The first-order chi connectivity index (χ1) is 11.1. The van der Waals surface area contributed by atoms with E-state index in [0.717, 1.165) is 5.56 Å². The average Bonchev–Trinajstić information content (AvgIpc) is 2.45. The third-order valence-electron chi connectivity index (χ3n) is 3.08. The summed E-state index contributed by atoms with van der Waals surface area (Å²) in [5, 5.41) is 1.92. The molecule has 0 fully saturated rings. The summed E-state index contributed by atoms with van der Waals surface area (Å²) in [4.78, 5) is 23.8. The van der Waals surface area contributed by atoms with Crippen LogP contribution in [0.5, 0.6) is 0 Å². The summed E-state index contributed by atoms with van der Waals surface area (Å²) < 4.78 is 39.6. The molecule has 24 heavy (non-hydrogen) atoms. The number of nitrogens with zero attached hydrogens (tertiary/aromatic N) is 1. The predicted molar refractivity (Wildman–Crippen MR) is 88.2 cm³/mol. The van der Waals surface area contributed by atoms with Crippen LogP contribution < -0.4 is 10.9 Å². The highest BCUT2D eigenvalue weighted by molar-refractivity contribution is 9.10. The second kappa shape index (κ2) is 6.98. The summed E-state index contributed by atoms with van der Waals surface area (Å²) in [6, 6.07) is 5.70. The van der Waals surface area contributed by atoms with E-state index in [2.05, 4.69) is 21.2 Å². The maximum absolute atomic E-state index is 12.8. The van der Waals surface area contributed by atoms with E-state index in [1.165, 1.54) is 0 Å². The predicted octanol–water partition coefficient (Wildman–Crippen LogP) is 4.23. The number of hydrogen-bond donors (Lipinski definition) is 1. The Morgan fingerprint density at radius 2 is 2.00 bits per heavy atom. The molecule has 1 amide bonds. The largest absolute Gasteiger partial charge is 0.417 e. The highest BCUT2D eigenvalue weighted by atomic mass is 79.9. The molecule has 1 aromatic carbocycles. The third-order valence-corrected chi connectivity index (χ3v) is 4.01. The van der Waals surface area contributed by atoms with E-state index >= 15 is 0 Å². The Labute approximate surface area is 148 Å². The normalized spacial score (nSPS) is 11.4. The van der Waals surface area contributed by atoms with Crippen molar-refractivity contribution in [2.24, 2.45) is 0 Å². The van der Waals surface area contributed by atoms with Gasteiger partial charge in [0, 0.05) is 10.7 Å². The molecule has 1 heterocycles. The lowest BCUT2D eigenvalue weighted by Crippen LogP contribution is -2.29. The summed E-state index contributed by atoms with van der Waals surface area (Å²) in [5.41, 5.74) is -0.573. The van der Waals surface area contributed by atoms with Gasteiger partial charge in [0.25, 0.3) is 5.56 Å². The lowest BCUT2D eigenvalue weighted by atomic mass is 10.2. The minimum Gasteiger partial charge on any atom is -0.324 e. The number of rotatable bonds is 3. The van der Waals surface area contributed by atoms with Crippen LogP contribution in [-0.2, 0) is 17.5 Å². The van der Waals surface area contributed by atoms with Crippen molar-refractivity contribution in [3.05, 3.63) is 61.4 Å². The number of anilines is 1. The summed E-state index contributed by atoms with van der Waals surface area (Å²) in [6.07, 6.45) is -4.10. The van der Waals surface area contributed by atoms with Crippen LogP contribution in [-0.4, -0.2) is 10.5 Å². The van der Waals surface area contributed by atoms with Crippen molar-refractivity contribution in [3.8, 4) is 0 Å². The molecule has 2 aromatic rings. The third kappa shape index (κ3) is 4.39. The second-order valence-corrected chi connectivity index (χ2v) is 6.30. The van der Waals surface area contributed by atoms with Crippen LogP contribution in [0.25, 0.3) is 0 Å². The molecule has 2 rings (SSSR count). The van der Waals surface area contributed by atoms with Gasteiger partial charge < -0.3 is 9.88 Å². The molecule has 0 aliphatic heterocycles. The molecular formula is C15H11BrClF3N2O2. The molecule has 0 saturated heterocycles. The van der Waals surface area contributed by atoms with Gasteiger partial charge in [0.15, 0.2) is 0 Å². The van der Waals surface area contributed by atoms with Gasteiger partial charge >= 0.3 is 6.18 Å². The number of pyridine rings is 1. The second-order valence-electron chi connectivity index (χ2n) is 5.04. The van der Waals surface area contributed by atoms with E-state index in [-0.39, 0.29) is 0 Å². The molecule has 0 spiro atoms. The van der Waals surface area contributed by atoms with Crippen LogP contribution in [0.4, 0.5) is 18.9 Å². The van der Waals surface area contributed by atoms with Gasteiger partial charge in [0.05, 0.1) is 11.3 Å². The van der Waals surface area contributed by atoms with Crippen molar-refractivity contribution in [1.29, 1.82) is 0 Å². The maximum Gasteiger partial charge on any atom is 0.417 e. The Morgan fingerprint density at radius 1 is 1.33 bits per heavy atom. The smallest absolute Gasteiger partial charge is 0.324 e. The summed E-state index contributed by atoms with van der Waals surface area (Å²) in [6.45, 7) is 1.27. The van der Waals surface area contributed by atoms with Crippen molar-refractivity contribution in [2.45, 2.75) is 19.6 Å². The Hall–Kier alpha value is -1.80. The van der Waals surface area contributed by atoms with Crippen LogP contribution in [0.15, 0.2) is 39.7 Å². The van der Waals surface area contributed by atoms with Crippen molar-refractivity contribution in [3.63, 3.8) is 0 Å². The van der Waals surface area contributed by atoms with Gasteiger partial charge in [-0.1, -0.05) is 17.7 Å². The van der Waals surface area contributed by atoms with Crippen molar-refractivity contribution in [2.75, 3.05) is 5.32 Å². The van der Waals surface area contributed by atoms with Gasteiger partial charge in [-0.2, -0.15) is 13.2 Å². The van der Waals surface area contributed by atoms with Crippen molar-refractivity contribution < 1.29 is 18.0 Å². The van der Waals surface area contributed by atoms with E-state index in [9.17, 15) is 22.8 Å². The highest BCUT2D eigenvalue weighted by Gasteiger charge is 2.32. The fraction of sp³-hybridized carbons (Fsp3) is 0.200. The maximum atomic E-state index is 12.8. The zero-order valence-electron chi connectivity index (χ0n) is 12.2. The molecule has 1 N–H and O–H groups in total. The number of carbonyl (C=O) groups is 1. The van der Waals surface area contributed by atoms with E-state index in [0.29, 0.717) is 27.0 Å². The first kappa shape index (κ1) is 18.5. The first-order valence-corrected chi connectivity index (χ1v) is 7.78. The van der Waals surface area contributed by atoms with Gasteiger partial charge in [-0.05, 0) is 46.6 Å². The molecule has 0 unspecified atom stereocenters. The number of nitrogens with one attached hydrogen (secondary N) is 1. The SMILES string of the molecule is Cc1ccc(NC(=O)Cn2cc(C(F)(F)F)cc(Cl)c2=O)c(Br)c1. The van der Waals surface area contributed by atoms with Crippen LogP contribution in [0, 0.1) is 6.92 Å². The molecular weight excluding hydrogens is 413 g/mol. The Bertz CT molecular complexity index is 850. The molecule has 1 aromatic heterocycles. The summed E-state index contributed by atoms with van der Waals surface area (Å²) in [5.74, 6) is -0.656. The molecule has 9 heteroatoms. The molecule has 0 radical (unpaired) electrons. The van der Waals surface area contributed by atoms with Gasteiger partial charge in [0.2, 0.25) is 5.91 Å². The number of carbonyl (C=O) groups excluding carboxylic acids is 1. The van der Waals surface area contributed by atoms with Crippen LogP contribution >= 0.6 is 27.5 Å². The minimum absolute atomic E-state index is 0.441. The molecule has 0 aliphatic carbocycles. The molecule has 0 bridgehead atoms. The first-order valence-electron chi connectivity index (χ1n) is 6.61. The van der Waals surface area contributed by atoms with E-state index < -0.39 is 34.8 Å². The van der Waals surface area contributed by atoms with Crippen LogP contribution in [0.3, 0.4) is 0 Å². The standard InChI is InChI=1S/C15H11BrClF3N2O2/c1-8-2-3-12(10(16)4-8)21-13(23)7-22-6-9(15(18,19)20)5-11(17)14(22)24/h2-6H,7H2,1H3,(H,21,23). The monoisotopic (exact) mass is 422 g/mol. The van der Waals surface area contributed by atoms with Crippen molar-refractivity contribution in [1.82, 2.24) is 4.57 Å². The number of amides is 1. The lowest BCUT2D eigenvalue weighted by Gasteiger charge is -2.12. The number of alkyl halides is 3. The summed E-state index contributed by atoms with van der Waals surface area (Å²) >= 11 is 8.81. The van der Waals surface area contributed by atoms with Gasteiger partial charge in [-0.25, -0.2) is 0 Å². The van der Waals surface area contributed by atoms with Crippen molar-refractivity contribution >= 4 is 39.1 Å². The van der Waals surface area contributed by atoms with Crippen LogP contribution in [0.2, 0.25) is 5.02 Å². The highest BCUT2D eigenvalue weighted by Crippen LogP contribution is 2.29. The minimum atomic E-state index is -4.67. The van der Waals surface area contributed by atoms with E-state index in [4.69, 9.17) is 11.6 Å². The quantitative estimate of drug-likeness (QED) is 0.803. The molecule has 0 atom stereocenters.